The summed E-state index contributed by atoms with van der Waals surface area (Å²) < 4.78 is 5.38. The molecule has 0 bridgehead atoms. The van der Waals surface area contributed by atoms with Crippen LogP contribution in [0.2, 0.25) is 0 Å². The molecule has 1 aliphatic carbocycles. The van der Waals surface area contributed by atoms with E-state index >= 15 is 0 Å². The summed E-state index contributed by atoms with van der Waals surface area (Å²) in [6, 6.07) is 11.2. The Balaban J connectivity index is 1.56. The molecule has 4 rings (SSSR count). The van der Waals surface area contributed by atoms with Crippen molar-refractivity contribution in [2.24, 2.45) is 0 Å². The van der Waals surface area contributed by atoms with Gasteiger partial charge in [0, 0.05) is 61.9 Å². The maximum absolute atomic E-state index is 13.2. The molecule has 1 saturated heterocycles. The largest absolute Gasteiger partial charge is 0.388 e. The number of carbonyl (C=O) groups excluding carboxylic acids is 2. The van der Waals surface area contributed by atoms with Crippen molar-refractivity contribution in [2.45, 2.75) is 18.9 Å². The van der Waals surface area contributed by atoms with E-state index in [1.165, 1.54) is 0 Å². The number of benzene rings is 2. The topological polar surface area (TPSA) is 79.5 Å². The first kappa shape index (κ1) is 18.7. The van der Waals surface area contributed by atoms with Crippen molar-refractivity contribution in [1.82, 2.24) is 5.32 Å². The van der Waals surface area contributed by atoms with Gasteiger partial charge in [0.05, 0.1) is 11.1 Å². The molecule has 1 aliphatic heterocycles. The highest BCUT2D eigenvalue weighted by atomic mass is 16.5. The molecule has 2 aliphatic rings. The number of fused-ring (bicyclic) bond motifs is 2. The zero-order valence-electron chi connectivity index (χ0n) is 16.0. The first-order valence-electron chi connectivity index (χ1n) is 9.79. The molecular formula is C22H25N3O3. The molecular weight excluding hydrogens is 354 g/mol. The van der Waals surface area contributed by atoms with E-state index in [2.05, 4.69) is 16.0 Å². The van der Waals surface area contributed by atoms with E-state index in [4.69, 9.17) is 4.74 Å². The molecule has 3 N–H and O–H groups in total. The van der Waals surface area contributed by atoms with E-state index in [1.54, 1.807) is 31.3 Å². The standard InChI is InChI=1S/C22H25N3O3/c1-23-17-6-7-18(25-11-10-24-14-8-12-28-13-9-14)20-19(17)21(26)15-4-2-3-5-16(15)22(20)27/h2-7,14,23-25H,8-13H2,1H3. The number of rotatable bonds is 6. The minimum atomic E-state index is -0.112. The molecule has 146 valence electrons. The van der Waals surface area contributed by atoms with Gasteiger partial charge in [-0.25, -0.2) is 0 Å². The van der Waals surface area contributed by atoms with E-state index in [1.807, 2.05) is 12.1 Å². The Morgan fingerprint density at radius 1 is 0.893 bits per heavy atom. The van der Waals surface area contributed by atoms with Crippen molar-refractivity contribution < 1.29 is 14.3 Å². The maximum atomic E-state index is 13.2. The molecule has 6 nitrogen and oxygen atoms in total. The summed E-state index contributed by atoms with van der Waals surface area (Å²) in [5.74, 6) is -0.222. The average Bonchev–Trinajstić information content (AvgIpc) is 2.75. The molecule has 2 aromatic rings. The molecule has 6 heteroatoms. The number of nitrogens with one attached hydrogen (secondary N) is 3. The third-order valence-corrected chi connectivity index (χ3v) is 5.44. The van der Waals surface area contributed by atoms with Gasteiger partial charge in [-0.3, -0.25) is 9.59 Å². The summed E-state index contributed by atoms with van der Waals surface area (Å²) in [5.41, 5.74) is 3.23. The fourth-order valence-corrected chi connectivity index (χ4v) is 3.95. The lowest BCUT2D eigenvalue weighted by atomic mass is 9.82. The first-order valence-corrected chi connectivity index (χ1v) is 9.79. The third-order valence-electron chi connectivity index (χ3n) is 5.44. The van der Waals surface area contributed by atoms with Gasteiger partial charge in [-0.2, -0.15) is 0 Å². The summed E-state index contributed by atoms with van der Waals surface area (Å²) in [4.78, 5) is 26.3. The predicted molar refractivity (Wildman–Crippen MR) is 110 cm³/mol. The number of ketones is 2. The summed E-state index contributed by atoms with van der Waals surface area (Å²) in [6.45, 7) is 3.07. The van der Waals surface area contributed by atoms with E-state index in [-0.39, 0.29) is 11.6 Å². The Kier molecular flexibility index (Phi) is 5.41. The van der Waals surface area contributed by atoms with E-state index in [0.29, 0.717) is 46.2 Å². The van der Waals surface area contributed by atoms with Crippen LogP contribution in [0.25, 0.3) is 0 Å². The van der Waals surface area contributed by atoms with Gasteiger partial charge in [0.2, 0.25) is 0 Å². The summed E-state index contributed by atoms with van der Waals surface area (Å²) in [7, 11) is 1.76. The second-order valence-electron chi connectivity index (χ2n) is 7.13. The van der Waals surface area contributed by atoms with Crippen LogP contribution in [0, 0.1) is 0 Å². The highest BCUT2D eigenvalue weighted by Crippen LogP contribution is 2.36. The summed E-state index contributed by atoms with van der Waals surface area (Å²) in [6.07, 6.45) is 2.05. The van der Waals surface area contributed by atoms with Crippen molar-refractivity contribution in [3.05, 3.63) is 58.7 Å². The molecule has 0 radical (unpaired) electrons. The van der Waals surface area contributed by atoms with Crippen LogP contribution >= 0.6 is 0 Å². The molecule has 28 heavy (non-hydrogen) atoms. The lowest BCUT2D eigenvalue weighted by Crippen LogP contribution is -2.37. The molecule has 0 aromatic heterocycles. The van der Waals surface area contributed by atoms with Gasteiger partial charge >= 0.3 is 0 Å². The first-order chi connectivity index (χ1) is 13.7. The van der Waals surface area contributed by atoms with Crippen molar-refractivity contribution in [2.75, 3.05) is 44.0 Å². The Morgan fingerprint density at radius 3 is 2.14 bits per heavy atom. The summed E-state index contributed by atoms with van der Waals surface area (Å²) >= 11 is 0. The smallest absolute Gasteiger partial charge is 0.196 e. The molecule has 0 saturated carbocycles. The second-order valence-corrected chi connectivity index (χ2v) is 7.13. The molecule has 1 heterocycles. The Labute approximate surface area is 164 Å². The van der Waals surface area contributed by atoms with E-state index < -0.39 is 0 Å². The van der Waals surface area contributed by atoms with E-state index in [0.717, 1.165) is 32.6 Å². The monoisotopic (exact) mass is 379 g/mol. The maximum Gasteiger partial charge on any atom is 0.196 e. The SMILES string of the molecule is CNc1ccc(NCCNC2CCOCC2)c2c1C(=O)c1ccccc1C2=O. The van der Waals surface area contributed by atoms with Crippen LogP contribution < -0.4 is 16.0 Å². The van der Waals surface area contributed by atoms with Crippen LogP contribution in [0.5, 0.6) is 0 Å². The second kappa shape index (κ2) is 8.12. The number of hydrogen-bond donors (Lipinski definition) is 3. The summed E-state index contributed by atoms with van der Waals surface area (Å²) in [5, 5.41) is 9.92. The van der Waals surface area contributed by atoms with Gasteiger partial charge in [-0.05, 0) is 25.0 Å². The molecule has 0 atom stereocenters. The van der Waals surface area contributed by atoms with Gasteiger partial charge in [-0.15, -0.1) is 0 Å². The quantitative estimate of drug-likeness (QED) is 0.572. The molecule has 1 fully saturated rings. The van der Waals surface area contributed by atoms with Crippen LogP contribution in [0.15, 0.2) is 36.4 Å². The number of anilines is 2. The van der Waals surface area contributed by atoms with Crippen LogP contribution in [-0.2, 0) is 4.74 Å². The molecule has 0 unspecified atom stereocenters. The fourth-order valence-electron chi connectivity index (χ4n) is 3.95. The Morgan fingerprint density at radius 2 is 1.50 bits per heavy atom. The number of ether oxygens (including phenoxy) is 1. The van der Waals surface area contributed by atoms with Gasteiger partial charge in [0.15, 0.2) is 11.6 Å². The fraction of sp³-hybridized carbons (Fsp3) is 0.364. The third kappa shape index (κ3) is 3.41. The Hall–Kier alpha value is -2.70. The van der Waals surface area contributed by atoms with Gasteiger partial charge in [0.25, 0.3) is 0 Å². The molecule has 0 spiro atoms. The normalized spacial score (nSPS) is 16.5. The zero-order chi connectivity index (χ0) is 19.5. The van der Waals surface area contributed by atoms with Gasteiger partial charge in [0.1, 0.15) is 0 Å². The number of hydrogen-bond acceptors (Lipinski definition) is 6. The van der Waals surface area contributed by atoms with Gasteiger partial charge in [-0.1, -0.05) is 24.3 Å². The minimum Gasteiger partial charge on any atom is -0.388 e. The van der Waals surface area contributed by atoms with Crippen LogP contribution in [0.1, 0.15) is 44.7 Å². The van der Waals surface area contributed by atoms with Crippen LogP contribution in [0.4, 0.5) is 11.4 Å². The average molecular weight is 379 g/mol. The lowest BCUT2D eigenvalue weighted by Gasteiger charge is -2.25. The van der Waals surface area contributed by atoms with Gasteiger partial charge < -0.3 is 20.7 Å². The minimum absolute atomic E-state index is 0.109. The zero-order valence-corrected chi connectivity index (χ0v) is 16.0. The van der Waals surface area contributed by atoms with Crippen molar-refractivity contribution in [1.29, 1.82) is 0 Å². The predicted octanol–water partition coefficient (Wildman–Crippen LogP) is 2.68. The van der Waals surface area contributed by atoms with Crippen molar-refractivity contribution in [3.63, 3.8) is 0 Å². The molecule has 0 amide bonds. The highest BCUT2D eigenvalue weighted by molar-refractivity contribution is 6.31. The lowest BCUT2D eigenvalue weighted by molar-refractivity contribution is 0.0784. The van der Waals surface area contributed by atoms with Crippen molar-refractivity contribution >= 4 is 22.9 Å². The molecule has 2 aromatic carbocycles. The number of carbonyl (C=O) groups is 2. The highest BCUT2D eigenvalue weighted by Gasteiger charge is 2.33. The van der Waals surface area contributed by atoms with Crippen molar-refractivity contribution in [3.8, 4) is 0 Å². The van der Waals surface area contributed by atoms with E-state index in [9.17, 15) is 9.59 Å². The van der Waals surface area contributed by atoms with Crippen LogP contribution in [0.3, 0.4) is 0 Å². The van der Waals surface area contributed by atoms with Crippen LogP contribution in [-0.4, -0.2) is 51.0 Å². The Bertz CT molecular complexity index is 904.